The second-order valence-corrected chi connectivity index (χ2v) is 7.75. The normalized spacial score (nSPS) is 13.1. The minimum atomic E-state index is -0.167. The van der Waals surface area contributed by atoms with E-state index in [1.165, 1.54) is 0 Å². The smallest absolute Gasteiger partial charge is 0.269 e. The minimum absolute atomic E-state index is 0.0173. The zero-order valence-electron chi connectivity index (χ0n) is 17.8. The highest BCUT2D eigenvalue weighted by Crippen LogP contribution is 2.39. The van der Waals surface area contributed by atoms with Crippen LogP contribution < -0.4 is 14.8 Å². The fourth-order valence-corrected chi connectivity index (χ4v) is 3.49. The summed E-state index contributed by atoms with van der Waals surface area (Å²) in [5, 5.41) is 16.6. The van der Waals surface area contributed by atoms with E-state index in [4.69, 9.17) is 14.6 Å². The van der Waals surface area contributed by atoms with Crippen LogP contribution in [0.25, 0.3) is 0 Å². The topological polar surface area (TPSA) is 85.6 Å². The van der Waals surface area contributed by atoms with Crippen molar-refractivity contribution in [1.29, 1.82) is 0 Å². The Hall–Kier alpha value is -3.32. The molecular weight excluding hydrogens is 394 g/mol. The first-order chi connectivity index (χ1) is 15.1. The van der Waals surface area contributed by atoms with Gasteiger partial charge in [-0.25, -0.2) is 0 Å². The van der Waals surface area contributed by atoms with Crippen LogP contribution in [0.3, 0.4) is 0 Å². The van der Waals surface area contributed by atoms with Crippen LogP contribution in [0.4, 0.5) is 0 Å². The van der Waals surface area contributed by atoms with E-state index in [0.29, 0.717) is 36.3 Å². The predicted octanol–water partition coefficient (Wildman–Crippen LogP) is 3.31. The lowest BCUT2D eigenvalue weighted by Crippen LogP contribution is -2.25. The molecule has 0 saturated heterocycles. The van der Waals surface area contributed by atoms with Gasteiger partial charge in [0.2, 0.25) is 0 Å². The molecule has 7 heteroatoms. The number of carbonyl (C=O) groups excluding carboxylic acids is 1. The van der Waals surface area contributed by atoms with Crippen LogP contribution in [0.2, 0.25) is 0 Å². The van der Waals surface area contributed by atoms with E-state index in [2.05, 4.69) is 10.4 Å². The van der Waals surface area contributed by atoms with Gasteiger partial charge in [0.15, 0.2) is 11.5 Å². The molecule has 1 heterocycles. The molecule has 1 aliphatic rings. The van der Waals surface area contributed by atoms with Crippen LogP contribution in [0.1, 0.15) is 51.6 Å². The highest BCUT2D eigenvalue weighted by atomic mass is 16.5. The molecule has 31 heavy (non-hydrogen) atoms. The number of nitrogens with one attached hydrogen (secondary N) is 1. The maximum absolute atomic E-state index is 12.7. The molecule has 2 aromatic carbocycles. The molecule has 0 radical (unpaired) electrons. The van der Waals surface area contributed by atoms with Crippen LogP contribution in [0, 0.1) is 0 Å². The fraction of sp³-hybridized carbons (Fsp3) is 0.333. The summed E-state index contributed by atoms with van der Waals surface area (Å²) in [6.45, 7) is 0.703. The number of nitrogens with zero attached hydrogens (tertiary/aromatic N) is 2. The van der Waals surface area contributed by atoms with Crippen LogP contribution in [0.5, 0.6) is 11.5 Å². The number of aliphatic hydroxyl groups is 1. The van der Waals surface area contributed by atoms with E-state index < -0.39 is 0 Å². The molecular formula is C24H27N3O4. The van der Waals surface area contributed by atoms with Crippen molar-refractivity contribution in [2.24, 2.45) is 7.05 Å². The number of aromatic nitrogens is 2. The molecule has 1 amide bonds. The van der Waals surface area contributed by atoms with Gasteiger partial charge in [0.25, 0.3) is 5.91 Å². The van der Waals surface area contributed by atoms with Gasteiger partial charge >= 0.3 is 0 Å². The van der Waals surface area contributed by atoms with Crippen molar-refractivity contribution in [2.45, 2.75) is 38.5 Å². The Kier molecular flexibility index (Phi) is 6.23. The number of carbonyl (C=O) groups is 1. The third-order valence-corrected chi connectivity index (χ3v) is 5.43. The summed E-state index contributed by atoms with van der Waals surface area (Å²) in [7, 11) is 3.38. The highest BCUT2D eigenvalue weighted by molar-refractivity contribution is 5.92. The molecule has 1 saturated carbocycles. The summed E-state index contributed by atoms with van der Waals surface area (Å²) in [4.78, 5) is 12.7. The lowest BCUT2D eigenvalue weighted by Gasteiger charge is -2.15. The van der Waals surface area contributed by atoms with Crippen LogP contribution in [-0.2, 0) is 26.8 Å². The molecule has 0 aliphatic heterocycles. The Bertz CT molecular complexity index is 1060. The van der Waals surface area contributed by atoms with Crippen molar-refractivity contribution in [1.82, 2.24) is 15.1 Å². The molecule has 1 aliphatic carbocycles. The van der Waals surface area contributed by atoms with Crippen LogP contribution in [0.15, 0.2) is 48.5 Å². The maximum Gasteiger partial charge on any atom is 0.269 e. The lowest BCUT2D eigenvalue weighted by atomic mass is 10.1. The number of ether oxygens (including phenoxy) is 2. The van der Waals surface area contributed by atoms with Gasteiger partial charge in [-0.05, 0) is 36.1 Å². The summed E-state index contributed by atoms with van der Waals surface area (Å²) in [5.41, 5.74) is 4.22. The second kappa shape index (κ2) is 9.22. The van der Waals surface area contributed by atoms with Gasteiger partial charge in [-0.1, -0.05) is 36.4 Å². The molecule has 3 aromatic rings. The molecule has 4 rings (SSSR count). The van der Waals surface area contributed by atoms with Gasteiger partial charge in [-0.3, -0.25) is 9.48 Å². The summed E-state index contributed by atoms with van der Waals surface area (Å²) >= 11 is 0. The van der Waals surface area contributed by atoms with E-state index in [1.807, 2.05) is 48.5 Å². The molecule has 0 unspecified atom stereocenters. The van der Waals surface area contributed by atoms with Gasteiger partial charge in [0, 0.05) is 25.1 Å². The first-order valence-corrected chi connectivity index (χ1v) is 10.4. The fourth-order valence-electron chi connectivity index (χ4n) is 3.49. The SMILES string of the molecule is COc1c(CNC(=O)c2cc(C3CC3)nn2C)cccc1OCc1ccc(CO)cc1. The van der Waals surface area contributed by atoms with Gasteiger partial charge < -0.3 is 19.9 Å². The largest absolute Gasteiger partial charge is 0.493 e. The number of methoxy groups -OCH3 is 1. The monoisotopic (exact) mass is 421 g/mol. The number of aryl methyl sites for hydroxylation is 1. The van der Waals surface area contributed by atoms with Gasteiger partial charge in [0.05, 0.1) is 19.4 Å². The van der Waals surface area contributed by atoms with Crippen molar-refractivity contribution >= 4 is 5.91 Å². The number of benzene rings is 2. The quantitative estimate of drug-likeness (QED) is 0.554. The number of hydrogen-bond donors (Lipinski definition) is 2. The second-order valence-electron chi connectivity index (χ2n) is 7.75. The molecule has 162 valence electrons. The Morgan fingerprint density at radius 1 is 1.19 bits per heavy atom. The highest BCUT2D eigenvalue weighted by Gasteiger charge is 2.28. The molecule has 1 aromatic heterocycles. The van der Waals surface area contributed by atoms with E-state index in [-0.39, 0.29) is 12.5 Å². The molecule has 1 fully saturated rings. The number of amides is 1. The van der Waals surface area contributed by atoms with E-state index in [1.54, 1.807) is 18.8 Å². The summed E-state index contributed by atoms with van der Waals surface area (Å²) in [6.07, 6.45) is 2.29. The average molecular weight is 421 g/mol. The molecule has 0 spiro atoms. The first kappa shape index (κ1) is 20.9. The number of rotatable bonds is 9. The number of hydrogen-bond acceptors (Lipinski definition) is 5. The number of aliphatic hydroxyl groups excluding tert-OH is 1. The lowest BCUT2D eigenvalue weighted by molar-refractivity contribution is 0.0941. The van der Waals surface area contributed by atoms with Crippen molar-refractivity contribution in [3.05, 3.63) is 76.6 Å². The van der Waals surface area contributed by atoms with Crippen molar-refractivity contribution < 1.29 is 19.4 Å². The van der Waals surface area contributed by atoms with E-state index in [9.17, 15) is 4.79 Å². The molecule has 7 nitrogen and oxygen atoms in total. The van der Waals surface area contributed by atoms with Gasteiger partial charge in [0.1, 0.15) is 12.3 Å². The van der Waals surface area contributed by atoms with Gasteiger partial charge in [-0.15, -0.1) is 0 Å². The third kappa shape index (κ3) is 4.88. The Labute approximate surface area is 181 Å². The van der Waals surface area contributed by atoms with E-state index >= 15 is 0 Å². The summed E-state index contributed by atoms with van der Waals surface area (Å²) in [6, 6.07) is 15.1. The summed E-state index contributed by atoms with van der Waals surface area (Å²) in [5.74, 6) is 1.54. The molecule has 0 bridgehead atoms. The third-order valence-electron chi connectivity index (χ3n) is 5.43. The first-order valence-electron chi connectivity index (χ1n) is 10.4. The zero-order chi connectivity index (χ0) is 21.8. The average Bonchev–Trinajstić information content (AvgIpc) is 3.57. The summed E-state index contributed by atoms with van der Waals surface area (Å²) < 4.78 is 13.2. The van der Waals surface area contributed by atoms with Gasteiger partial charge in [-0.2, -0.15) is 5.10 Å². The molecule has 0 atom stereocenters. The standard InChI is InChI=1S/C24H27N3O4/c1-27-21(12-20(26-27)18-10-11-18)24(29)25-13-19-4-3-5-22(23(19)30-2)31-15-17-8-6-16(14-28)7-9-17/h3-9,12,18,28H,10-11,13-15H2,1-2H3,(H,25,29). The van der Waals surface area contributed by atoms with Crippen LogP contribution >= 0.6 is 0 Å². The number of para-hydroxylation sites is 1. The molecule has 2 N–H and O–H groups in total. The van der Waals surface area contributed by atoms with Crippen molar-refractivity contribution in [2.75, 3.05) is 7.11 Å². The Morgan fingerprint density at radius 2 is 1.94 bits per heavy atom. The van der Waals surface area contributed by atoms with Crippen LogP contribution in [-0.4, -0.2) is 27.9 Å². The van der Waals surface area contributed by atoms with Crippen molar-refractivity contribution in [3.63, 3.8) is 0 Å². The maximum atomic E-state index is 12.7. The predicted molar refractivity (Wildman–Crippen MR) is 116 cm³/mol. The Balaban J connectivity index is 1.41. The minimum Gasteiger partial charge on any atom is -0.493 e. The van der Waals surface area contributed by atoms with E-state index in [0.717, 1.165) is 35.2 Å². The Morgan fingerprint density at radius 3 is 2.61 bits per heavy atom. The van der Waals surface area contributed by atoms with Crippen molar-refractivity contribution in [3.8, 4) is 11.5 Å². The zero-order valence-corrected chi connectivity index (χ0v) is 17.8.